The molecule has 0 saturated carbocycles. The number of unbranched alkanes of at least 4 members (excludes halogenated alkanes) is 8. The van der Waals surface area contributed by atoms with Gasteiger partial charge >= 0.3 is 5.97 Å². The fraction of sp³-hybridized carbons (Fsp3) is 0.737. The Kier molecular flexibility index (Phi) is 17.4. The summed E-state index contributed by atoms with van der Waals surface area (Å²) in [6, 6.07) is 0. The van der Waals surface area contributed by atoms with E-state index in [1.54, 1.807) is 0 Å². The van der Waals surface area contributed by atoms with E-state index in [0.717, 1.165) is 17.9 Å². The summed E-state index contributed by atoms with van der Waals surface area (Å²) in [6.07, 6.45) is 22.6. The first-order valence-electron chi connectivity index (χ1n) is 8.54. The van der Waals surface area contributed by atoms with Crippen LogP contribution in [0.25, 0.3) is 0 Å². The lowest BCUT2D eigenvalue weighted by Gasteiger charge is -2.00. The van der Waals surface area contributed by atoms with E-state index in [9.17, 15) is 4.79 Å². The molecule has 0 aliphatic carbocycles. The number of rotatable bonds is 15. The topological polar surface area (TPSA) is 26.3 Å². The quantitative estimate of drug-likeness (QED) is 0.175. The Morgan fingerprint density at radius 1 is 1.00 bits per heavy atom. The predicted octanol–water partition coefficient (Wildman–Crippen LogP) is 5.37. The van der Waals surface area contributed by atoms with E-state index in [1.807, 2.05) is 11.8 Å². The van der Waals surface area contributed by atoms with Crippen LogP contribution in [0.4, 0.5) is 0 Å². The molecule has 0 atom stereocenters. The van der Waals surface area contributed by atoms with Crippen LogP contribution < -0.4 is 0 Å². The number of thioether (sulfide) groups is 1. The van der Waals surface area contributed by atoms with Gasteiger partial charge < -0.3 is 4.74 Å². The summed E-state index contributed by atoms with van der Waals surface area (Å²) < 4.78 is 4.61. The van der Waals surface area contributed by atoms with Crippen LogP contribution in [0, 0.1) is 12.3 Å². The maximum atomic E-state index is 10.9. The fourth-order valence-corrected chi connectivity index (χ4v) is 3.00. The molecule has 2 nitrogen and oxygen atoms in total. The first-order valence-corrected chi connectivity index (χ1v) is 9.69. The van der Waals surface area contributed by atoms with Gasteiger partial charge in [0.15, 0.2) is 0 Å². The van der Waals surface area contributed by atoms with Crippen molar-refractivity contribution in [3.8, 4) is 12.3 Å². The summed E-state index contributed by atoms with van der Waals surface area (Å²) in [5, 5.41) is 0. The average Bonchev–Trinajstić information content (AvgIpc) is 2.54. The summed E-state index contributed by atoms with van der Waals surface area (Å²) in [5.41, 5.74) is 0. The first kappa shape index (κ1) is 21.1. The zero-order valence-electron chi connectivity index (χ0n) is 14.1. The summed E-state index contributed by atoms with van der Waals surface area (Å²) in [5.74, 6) is 4.60. The number of methoxy groups -OCH3 is 1. The minimum atomic E-state index is -0.105. The maximum absolute atomic E-state index is 10.9. The number of allylic oxidation sites excluding steroid dienone is 2. The molecule has 0 aliphatic heterocycles. The van der Waals surface area contributed by atoms with Gasteiger partial charge in [0.2, 0.25) is 0 Å². The normalized spacial score (nSPS) is 10.7. The zero-order valence-corrected chi connectivity index (χ0v) is 15.0. The van der Waals surface area contributed by atoms with Gasteiger partial charge in [-0.2, -0.15) is 11.8 Å². The summed E-state index contributed by atoms with van der Waals surface area (Å²) in [4.78, 5) is 10.9. The number of hydrogen-bond donors (Lipinski definition) is 0. The van der Waals surface area contributed by atoms with Gasteiger partial charge in [-0.25, -0.2) is 0 Å². The number of carbonyl (C=O) groups is 1. The van der Waals surface area contributed by atoms with Crippen molar-refractivity contribution in [2.75, 3.05) is 18.6 Å². The van der Waals surface area contributed by atoms with Crippen LogP contribution in [0.2, 0.25) is 0 Å². The van der Waals surface area contributed by atoms with Gasteiger partial charge in [-0.05, 0) is 44.3 Å². The molecule has 0 radical (unpaired) electrons. The van der Waals surface area contributed by atoms with E-state index in [0.29, 0.717) is 6.42 Å². The first-order chi connectivity index (χ1) is 10.8. The van der Waals surface area contributed by atoms with Gasteiger partial charge in [-0.15, -0.1) is 12.3 Å². The fourth-order valence-electron chi connectivity index (χ4n) is 2.08. The lowest BCUT2D eigenvalue weighted by Crippen LogP contribution is -2.01. The molecule has 0 aliphatic rings. The van der Waals surface area contributed by atoms with Gasteiger partial charge in [0.1, 0.15) is 0 Å². The van der Waals surface area contributed by atoms with Crippen molar-refractivity contribution < 1.29 is 9.53 Å². The third kappa shape index (κ3) is 17.2. The van der Waals surface area contributed by atoms with Crippen LogP contribution in [0.5, 0.6) is 0 Å². The minimum Gasteiger partial charge on any atom is -0.469 e. The van der Waals surface area contributed by atoms with E-state index < -0.39 is 0 Å². The molecule has 0 spiro atoms. The molecule has 0 fully saturated rings. The van der Waals surface area contributed by atoms with Crippen LogP contribution in [-0.2, 0) is 9.53 Å². The van der Waals surface area contributed by atoms with Crippen LogP contribution >= 0.6 is 11.8 Å². The van der Waals surface area contributed by atoms with Crippen molar-refractivity contribution in [2.24, 2.45) is 0 Å². The molecule has 0 bridgehead atoms. The zero-order chi connectivity index (χ0) is 16.3. The number of terminal acetylenes is 1. The smallest absolute Gasteiger partial charge is 0.306 e. The van der Waals surface area contributed by atoms with Crippen molar-refractivity contribution in [3.63, 3.8) is 0 Å². The predicted molar refractivity (Wildman–Crippen MR) is 98.1 cm³/mol. The molecular weight excluding hydrogens is 292 g/mol. The van der Waals surface area contributed by atoms with Gasteiger partial charge in [-0.3, -0.25) is 4.79 Å². The molecule has 0 N–H and O–H groups in total. The van der Waals surface area contributed by atoms with Crippen LogP contribution in [0.1, 0.15) is 70.6 Å². The van der Waals surface area contributed by atoms with Gasteiger partial charge in [-0.1, -0.05) is 31.4 Å². The number of ether oxygens (including phenoxy) is 1. The van der Waals surface area contributed by atoms with E-state index in [4.69, 9.17) is 6.42 Å². The highest BCUT2D eigenvalue weighted by Gasteiger charge is 1.98. The molecule has 0 saturated heterocycles. The second-order valence-electron chi connectivity index (χ2n) is 5.42. The molecular formula is C19H32O2S. The number of carbonyl (C=O) groups excluding carboxylic acids is 1. The third-order valence-corrected chi connectivity index (χ3v) is 4.52. The summed E-state index contributed by atoms with van der Waals surface area (Å²) >= 11 is 1.84. The van der Waals surface area contributed by atoms with Gasteiger partial charge in [0.25, 0.3) is 0 Å². The number of esters is 1. The lowest BCUT2D eigenvalue weighted by atomic mass is 10.1. The second kappa shape index (κ2) is 18.2. The monoisotopic (exact) mass is 324 g/mol. The van der Waals surface area contributed by atoms with E-state index in [2.05, 4.69) is 22.8 Å². The Balaban J connectivity index is 3.12. The molecule has 0 rings (SSSR count). The standard InChI is InChI=1S/C19H32O2S/c1-3-4-5-6-7-8-9-10-11-12-13-14-15-17-22-18-16-19(20)21-2/h1,11-12H,4-10,13-18H2,2H3/b12-11-. The van der Waals surface area contributed by atoms with Crippen LogP contribution in [0.15, 0.2) is 12.2 Å². The largest absolute Gasteiger partial charge is 0.469 e. The second-order valence-corrected chi connectivity index (χ2v) is 6.64. The number of hydrogen-bond acceptors (Lipinski definition) is 3. The molecule has 3 heteroatoms. The maximum Gasteiger partial charge on any atom is 0.306 e. The lowest BCUT2D eigenvalue weighted by molar-refractivity contribution is -0.140. The van der Waals surface area contributed by atoms with Crippen molar-refractivity contribution in [1.29, 1.82) is 0 Å². The highest BCUT2D eigenvalue weighted by Crippen LogP contribution is 2.10. The van der Waals surface area contributed by atoms with E-state index in [-0.39, 0.29) is 5.97 Å². The molecule has 0 aromatic rings. The molecule has 0 unspecified atom stereocenters. The van der Waals surface area contributed by atoms with Crippen LogP contribution in [0.3, 0.4) is 0 Å². The minimum absolute atomic E-state index is 0.105. The highest BCUT2D eigenvalue weighted by molar-refractivity contribution is 7.99. The molecule has 0 aromatic carbocycles. The molecule has 126 valence electrons. The van der Waals surface area contributed by atoms with Crippen molar-refractivity contribution in [3.05, 3.63) is 12.2 Å². The molecule has 22 heavy (non-hydrogen) atoms. The Hall–Kier alpha value is -0.880. The van der Waals surface area contributed by atoms with Gasteiger partial charge in [0, 0.05) is 12.2 Å². The Bertz CT molecular complexity index is 318. The van der Waals surface area contributed by atoms with E-state index in [1.165, 1.54) is 64.9 Å². The van der Waals surface area contributed by atoms with Crippen molar-refractivity contribution in [2.45, 2.75) is 70.6 Å². The van der Waals surface area contributed by atoms with Crippen molar-refractivity contribution >= 4 is 17.7 Å². The van der Waals surface area contributed by atoms with Gasteiger partial charge in [0.05, 0.1) is 13.5 Å². The average molecular weight is 325 g/mol. The summed E-state index contributed by atoms with van der Waals surface area (Å²) in [7, 11) is 1.44. The molecule has 0 aromatic heterocycles. The highest BCUT2D eigenvalue weighted by atomic mass is 32.2. The molecule has 0 amide bonds. The third-order valence-electron chi connectivity index (χ3n) is 3.45. The SMILES string of the molecule is C#CCCCCCCC/C=C\CCCCSCCC(=O)OC. The van der Waals surface area contributed by atoms with Crippen molar-refractivity contribution in [1.82, 2.24) is 0 Å². The summed E-state index contributed by atoms with van der Waals surface area (Å²) in [6.45, 7) is 0. The van der Waals surface area contributed by atoms with Crippen LogP contribution in [-0.4, -0.2) is 24.6 Å². The van der Waals surface area contributed by atoms with E-state index >= 15 is 0 Å². The Morgan fingerprint density at radius 2 is 1.64 bits per heavy atom. The molecule has 0 heterocycles. The Morgan fingerprint density at radius 3 is 2.32 bits per heavy atom. The Labute approximate surface area is 141 Å².